The predicted molar refractivity (Wildman–Crippen MR) is 118 cm³/mol. The summed E-state index contributed by atoms with van der Waals surface area (Å²) in [6, 6.07) is 17.9. The molecule has 8 heteroatoms. The van der Waals surface area contributed by atoms with Crippen LogP contribution in [0.2, 0.25) is 0 Å². The van der Waals surface area contributed by atoms with Crippen molar-refractivity contribution in [3.05, 3.63) is 100 Å². The van der Waals surface area contributed by atoms with Gasteiger partial charge in [-0.15, -0.1) is 0 Å². The number of benzene rings is 2. The standard InChI is InChI=1S/C23H19BrN2O5/c24-17-9-4-8-16(12-17)14-18(25-22(28)20-10-5-11-31-20)21(27)26-19(23(29)30)13-15-6-2-1-3-7-15/h1-12,14,19H,13H2,(H,25,28)(H,26,27)(H,29,30). The molecule has 2 amide bonds. The molecule has 0 saturated heterocycles. The molecule has 0 radical (unpaired) electrons. The Kier molecular flexibility index (Phi) is 7.40. The van der Waals surface area contributed by atoms with Crippen LogP contribution in [-0.4, -0.2) is 28.9 Å². The van der Waals surface area contributed by atoms with Crippen molar-refractivity contribution in [1.29, 1.82) is 0 Å². The molecule has 0 aliphatic rings. The normalized spacial score (nSPS) is 12.1. The second-order valence-corrected chi connectivity index (χ2v) is 7.51. The van der Waals surface area contributed by atoms with Crippen molar-refractivity contribution in [1.82, 2.24) is 10.6 Å². The van der Waals surface area contributed by atoms with Crippen molar-refractivity contribution >= 4 is 39.8 Å². The molecule has 31 heavy (non-hydrogen) atoms. The van der Waals surface area contributed by atoms with E-state index in [-0.39, 0.29) is 17.9 Å². The molecule has 3 N–H and O–H groups in total. The molecule has 2 aromatic carbocycles. The largest absolute Gasteiger partial charge is 0.480 e. The number of furan rings is 1. The van der Waals surface area contributed by atoms with Crippen molar-refractivity contribution in [3.8, 4) is 0 Å². The summed E-state index contributed by atoms with van der Waals surface area (Å²) in [5.74, 6) is -2.53. The number of nitrogens with one attached hydrogen (secondary N) is 2. The molecule has 1 atom stereocenters. The second-order valence-electron chi connectivity index (χ2n) is 6.60. The molecule has 0 saturated carbocycles. The van der Waals surface area contributed by atoms with Gasteiger partial charge >= 0.3 is 5.97 Å². The van der Waals surface area contributed by atoms with Crippen molar-refractivity contribution in [3.63, 3.8) is 0 Å². The first-order chi connectivity index (χ1) is 14.9. The Balaban J connectivity index is 1.85. The summed E-state index contributed by atoms with van der Waals surface area (Å²) in [6.45, 7) is 0. The Morgan fingerprint density at radius 1 is 1.03 bits per heavy atom. The Morgan fingerprint density at radius 2 is 1.81 bits per heavy atom. The SMILES string of the molecule is O=C(NC(Cc1ccccc1)C(=O)O)C(=Cc1cccc(Br)c1)NC(=O)c1ccco1. The van der Waals surface area contributed by atoms with Crippen molar-refractivity contribution in [2.45, 2.75) is 12.5 Å². The lowest BCUT2D eigenvalue weighted by Crippen LogP contribution is -2.45. The van der Waals surface area contributed by atoms with Crippen LogP contribution in [0.1, 0.15) is 21.7 Å². The van der Waals surface area contributed by atoms with Gasteiger partial charge in [-0.1, -0.05) is 58.4 Å². The van der Waals surface area contributed by atoms with Gasteiger partial charge in [0.1, 0.15) is 11.7 Å². The van der Waals surface area contributed by atoms with Crippen LogP contribution >= 0.6 is 15.9 Å². The third-order valence-corrected chi connectivity index (χ3v) is 4.78. The van der Waals surface area contributed by atoms with Gasteiger partial charge in [-0.25, -0.2) is 4.79 Å². The monoisotopic (exact) mass is 482 g/mol. The number of carbonyl (C=O) groups excluding carboxylic acids is 2. The Labute approximate surface area is 186 Å². The zero-order valence-electron chi connectivity index (χ0n) is 16.2. The average Bonchev–Trinajstić information content (AvgIpc) is 3.28. The van der Waals surface area contributed by atoms with E-state index in [2.05, 4.69) is 26.6 Å². The van der Waals surface area contributed by atoms with Gasteiger partial charge < -0.3 is 20.2 Å². The number of amides is 2. The van der Waals surface area contributed by atoms with E-state index in [1.165, 1.54) is 18.4 Å². The molecule has 7 nitrogen and oxygen atoms in total. The summed E-state index contributed by atoms with van der Waals surface area (Å²) in [5, 5.41) is 14.6. The number of carboxylic acid groups (broad SMARTS) is 1. The van der Waals surface area contributed by atoms with Crippen LogP contribution in [0.3, 0.4) is 0 Å². The summed E-state index contributed by atoms with van der Waals surface area (Å²) in [5.41, 5.74) is 1.28. The van der Waals surface area contributed by atoms with E-state index < -0.39 is 23.8 Å². The zero-order chi connectivity index (χ0) is 22.2. The van der Waals surface area contributed by atoms with Crippen LogP contribution in [0.15, 0.2) is 87.6 Å². The average molecular weight is 483 g/mol. The minimum atomic E-state index is -1.18. The first-order valence-electron chi connectivity index (χ1n) is 9.32. The number of hydrogen-bond donors (Lipinski definition) is 3. The molecule has 0 bridgehead atoms. The maximum Gasteiger partial charge on any atom is 0.326 e. The van der Waals surface area contributed by atoms with Gasteiger partial charge in [-0.2, -0.15) is 0 Å². The van der Waals surface area contributed by atoms with Crippen LogP contribution < -0.4 is 10.6 Å². The second kappa shape index (κ2) is 10.4. The zero-order valence-corrected chi connectivity index (χ0v) is 17.8. The third-order valence-electron chi connectivity index (χ3n) is 4.28. The van der Waals surface area contributed by atoms with E-state index in [1.807, 2.05) is 12.1 Å². The van der Waals surface area contributed by atoms with Gasteiger partial charge in [0, 0.05) is 10.9 Å². The number of carbonyl (C=O) groups is 3. The molecule has 1 unspecified atom stereocenters. The minimum absolute atomic E-state index is 0.0204. The molecule has 0 aliphatic carbocycles. The number of hydrogen-bond acceptors (Lipinski definition) is 4. The fraction of sp³-hybridized carbons (Fsp3) is 0.0870. The molecule has 158 valence electrons. The Morgan fingerprint density at radius 3 is 2.45 bits per heavy atom. The maximum absolute atomic E-state index is 12.9. The van der Waals surface area contributed by atoms with Gasteiger partial charge in [-0.05, 0) is 41.5 Å². The molecule has 3 rings (SSSR count). The highest BCUT2D eigenvalue weighted by Crippen LogP contribution is 2.15. The highest BCUT2D eigenvalue weighted by molar-refractivity contribution is 9.10. The molecular weight excluding hydrogens is 464 g/mol. The fourth-order valence-electron chi connectivity index (χ4n) is 2.80. The summed E-state index contributed by atoms with van der Waals surface area (Å²) in [4.78, 5) is 37.1. The quantitative estimate of drug-likeness (QED) is 0.424. The van der Waals surface area contributed by atoms with E-state index in [0.717, 1.165) is 10.0 Å². The fourth-order valence-corrected chi connectivity index (χ4v) is 3.22. The van der Waals surface area contributed by atoms with Gasteiger partial charge in [-0.3, -0.25) is 9.59 Å². The van der Waals surface area contributed by atoms with Crippen LogP contribution in [0, 0.1) is 0 Å². The molecular formula is C23H19BrN2O5. The van der Waals surface area contributed by atoms with Crippen molar-refractivity contribution < 1.29 is 23.9 Å². The highest BCUT2D eigenvalue weighted by atomic mass is 79.9. The Bertz CT molecular complexity index is 1090. The number of aliphatic carboxylic acids is 1. The lowest BCUT2D eigenvalue weighted by molar-refractivity contribution is -0.141. The summed E-state index contributed by atoms with van der Waals surface area (Å²) >= 11 is 3.36. The number of carboxylic acids is 1. The van der Waals surface area contributed by atoms with E-state index >= 15 is 0 Å². The van der Waals surface area contributed by atoms with Gasteiger partial charge in [0.05, 0.1) is 6.26 Å². The highest BCUT2D eigenvalue weighted by Gasteiger charge is 2.24. The van der Waals surface area contributed by atoms with E-state index in [9.17, 15) is 19.5 Å². The van der Waals surface area contributed by atoms with E-state index in [4.69, 9.17) is 4.42 Å². The van der Waals surface area contributed by atoms with Gasteiger partial charge in [0.2, 0.25) is 0 Å². The van der Waals surface area contributed by atoms with Gasteiger partial charge in [0.15, 0.2) is 5.76 Å². The molecule has 1 aromatic heterocycles. The smallest absolute Gasteiger partial charge is 0.326 e. The molecule has 3 aromatic rings. The van der Waals surface area contributed by atoms with E-state index in [0.29, 0.717) is 5.56 Å². The van der Waals surface area contributed by atoms with Gasteiger partial charge in [0.25, 0.3) is 11.8 Å². The topological polar surface area (TPSA) is 109 Å². The lowest BCUT2D eigenvalue weighted by atomic mass is 10.1. The summed E-state index contributed by atoms with van der Waals surface area (Å²) in [7, 11) is 0. The lowest BCUT2D eigenvalue weighted by Gasteiger charge is -2.16. The molecule has 1 heterocycles. The molecule has 0 spiro atoms. The predicted octanol–water partition coefficient (Wildman–Crippen LogP) is 3.63. The minimum Gasteiger partial charge on any atom is -0.480 e. The van der Waals surface area contributed by atoms with Crippen molar-refractivity contribution in [2.24, 2.45) is 0 Å². The van der Waals surface area contributed by atoms with Crippen molar-refractivity contribution in [2.75, 3.05) is 0 Å². The van der Waals surface area contributed by atoms with Crippen LogP contribution in [0.4, 0.5) is 0 Å². The van der Waals surface area contributed by atoms with Crippen LogP contribution in [0.25, 0.3) is 6.08 Å². The third kappa shape index (κ3) is 6.42. The number of rotatable bonds is 8. The van der Waals surface area contributed by atoms with E-state index in [1.54, 1.807) is 48.5 Å². The van der Waals surface area contributed by atoms with Crippen LogP contribution in [-0.2, 0) is 16.0 Å². The molecule has 0 fully saturated rings. The molecule has 0 aliphatic heterocycles. The first-order valence-corrected chi connectivity index (χ1v) is 10.1. The summed E-state index contributed by atoms with van der Waals surface area (Å²) < 4.78 is 5.85. The number of halogens is 1. The Hall–Kier alpha value is -3.65. The van der Waals surface area contributed by atoms with Crippen LogP contribution in [0.5, 0.6) is 0 Å². The summed E-state index contributed by atoms with van der Waals surface area (Å²) in [6.07, 6.45) is 2.90. The maximum atomic E-state index is 12.9. The first kappa shape index (κ1) is 22.0.